The Balaban J connectivity index is 1.95. The Morgan fingerprint density at radius 2 is 1.95 bits per heavy atom. The number of Topliss-reactive ketones (excluding diaryl/α,β-unsaturated/α-hetero) is 1. The van der Waals surface area contributed by atoms with E-state index in [1.807, 2.05) is 19.9 Å². The number of carbonyl (C=O) groups excluding carboxylic acids is 1. The lowest BCUT2D eigenvalue weighted by molar-refractivity contribution is 0.0675. The summed E-state index contributed by atoms with van der Waals surface area (Å²) in [5, 5.41) is 1.52. The van der Waals surface area contributed by atoms with Gasteiger partial charge in [-0.1, -0.05) is 11.6 Å². The highest BCUT2D eigenvalue weighted by molar-refractivity contribution is 6.31. The molecule has 2 aromatic rings. The number of fused-ring (bicyclic) bond motifs is 1. The van der Waals surface area contributed by atoms with Gasteiger partial charge in [0.25, 0.3) is 0 Å². The zero-order chi connectivity index (χ0) is 14.3. The van der Waals surface area contributed by atoms with Crippen LogP contribution in [-0.2, 0) is 0 Å². The van der Waals surface area contributed by atoms with Crippen LogP contribution in [0.2, 0.25) is 5.02 Å². The van der Waals surface area contributed by atoms with E-state index in [0.717, 1.165) is 31.3 Å². The maximum absolute atomic E-state index is 12.7. The minimum Gasteiger partial charge on any atom is -0.453 e. The molecule has 0 aliphatic carbocycles. The van der Waals surface area contributed by atoms with Crippen molar-refractivity contribution in [3.63, 3.8) is 0 Å². The number of hydrogen-bond acceptors (Lipinski definition) is 3. The molecule has 106 valence electrons. The first-order chi connectivity index (χ1) is 9.48. The number of ketones is 1. The summed E-state index contributed by atoms with van der Waals surface area (Å²) in [6, 6.07) is 7.19. The van der Waals surface area contributed by atoms with Crippen molar-refractivity contribution in [2.75, 3.05) is 13.1 Å². The van der Waals surface area contributed by atoms with Gasteiger partial charge in [-0.2, -0.15) is 0 Å². The van der Waals surface area contributed by atoms with E-state index < -0.39 is 5.54 Å². The van der Waals surface area contributed by atoms with Crippen molar-refractivity contribution in [1.29, 1.82) is 0 Å². The van der Waals surface area contributed by atoms with Gasteiger partial charge < -0.3 is 4.42 Å². The van der Waals surface area contributed by atoms with Crippen molar-refractivity contribution < 1.29 is 9.21 Å². The third-order valence-electron chi connectivity index (χ3n) is 4.15. The Hall–Kier alpha value is -1.32. The van der Waals surface area contributed by atoms with Crippen LogP contribution in [0.3, 0.4) is 0 Å². The average molecular weight is 292 g/mol. The molecule has 0 N–H and O–H groups in total. The third kappa shape index (κ3) is 2.25. The second-order valence-electron chi connectivity index (χ2n) is 5.88. The molecule has 0 amide bonds. The predicted octanol–water partition coefficient (Wildman–Crippen LogP) is 4.14. The van der Waals surface area contributed by atoms with Gasteiger partial charge in [0.2, 0.25) is 5.78 Å². The van der Waals surface area contributed by atoms with Gasteiger partial charge in [-0.3, -0.25) is 9.69 Å². The molecule has 1 saturated heterocycles. The molecule has 0 unspecified atom stereocenters. The molecular weight excluding hydrogens is 274 g/mol. The van der Waals surface area contributed by atoms with Crippen LogP contribution in [0, 0.1) is 0 Å². The minimum absolute atomic E-state index is 0.0340. The Morgan fingerprint density at radius 1 is 1.25 bits per heavy atom. The highest BCUT2D eigenvalue weighted by Gasteiger charge is 2.38. The Kier molecular flexibility index (Phi) is 3.35. The molecular formula is C16H18ClNO2. The third-order valence-corrected chi connectivity index (χ3v) is 4.39. The van der Waals surface area contributed by atoms with Crippen LogP contribution >= 0.6 is 11.6 Å². The monoisotopic (exact) mass is 291 g/mol. The fourth-order valence-corrected chi connectivity index (χ4v) is 3.03. The van der Waals surface area contributed by atoms with Gasteiger partial charge in [0.15, 0.2) is 5.76 Å². The van der Waals surface area contributed by atoms with Gasteiger partial charge in [0, 0.05) is 10.4 Å². The largest absolute Gasteiger partial charge is 0.453 e. The summed E-state index contributed by atoms with van der Waals surface area (Å²) < 4.78 is 5.70. The van der Waals surface area contributed by atoms with E-state index >= 15 is 0 Å². The lowest BCUT2D eigenvalue weighted by Gasteiger charge is -2.32. The average Bonchev–Trinajstić information content (AvgIpc) is 3.06. The van der Waals surface area contributed by atoms with Crippen LogP contribution in [0.4, 0.5) is 0 Å². The number of halogens is 1. The maximum atomic E-state index is 12.7. The fourth-order valence-electron chi connectivity index (χ4n) is 2.85. The van der Waals surface area contributed by atoms with E-state index in [0.29, 0.717) is 16.4 Å². The van der Waals surface area contributed by atoms with Crippen LogP contribution in [-0.4, -0.2) is 29.3 Å². The smallest absolute Gasteiger partial charge is 0.217 e. The van der Waals surface area contributed by atoms with Crippen molar-refractivity contribution in [3.05, 3.63) is 35.0 Å². The Labute approximate surface area is 123 Å². The summed E-state index contributed by atoms with van der Waals surface area (Å²) in [5.74, 6) is 0.450. The highest BCUT2D eigenvalue weighted by Crippen LogP contribution is 2.29. The second-order valence-corrected chi connectivity index (χ2v) is 6.31. The molecule has 1 aliphatic rings. The van der Waals surface area contributed by atoms with E-state index in [2.05, 4.69) is 4.90 Å². The second kappa shape index (κ2) is 4.90. The lowest BCUT2D eigenvalue weighted by Crippen LogP contribution is -2.48. The molecule has 0 bridgehead atoms. The molecule has 0 radical (unpaired) electrons. The predicted molar refractivity (Wildman–Crippen MR) is 80.4 cm³/mol. The molecule has 1 fully saturated rings. The lowest BCUT2D eigenvalue weighted by atomic mass is 9.95. The van der Waals surface area contributed by atoms with Crippen LogP contribution in [0.15, 0.2) is 28.7 Å². The normalized spacial score (nSPS) is 16.9. The molecule has 1 aliphatic heterocycles. The van der Waals surface area contributed by atoms with Crippen LogP contribution in [0.25, 0.3) is 11.0 Å². The molecule has 0 atom stereocenters. The molecule has 1 aromatic heterocycles. The molecule has 3 rings (SSSR count). The van der Waals surface area contributed by atoms with E-state index in [1.165, 1.54) is 0 Å². The summed E-state index contributed by atoms with van der Waals surface area (Å²) in [4.78, 5) is 15.0. The molecule has 20 heavy (non-hydrogen) atoms. The van der Waals surface area contributed by atoms with Gasteiger partial charge in [-0.25, -0.2) is 0 Å². The molecule has 2 heterocycles. The molecule has 1 aromatic carbocycles. The van der Waals surface area contributed by atoms with Crippen molar-refractivity contribution >= 4 is 28.4 Å². The first-order valence-corrected chi connectivity index (χ1v) is 7.35. The number of rotatable bonds is 3. The number of likely N-dealkylation sites (tertiary alicyclic amines) is 1. The van der Waals surface area contributed by atoms with E-state index in [9.17, 15) is 4.79 Å². The van der Waals surface area contributed by atoms with E-state index in [1.54, 1.807) is 18.2 Å². The molecule has 3 nitrogen and oxygen atoms in total. The number of benzene rings is 1. The Bertz CT molecular complexity index is 654. The first-order valence-electron chi connectivity index (χ1n) is 6.97. The van der Waals surface area contributed by atoms with Gasteiger partial charge in [-0.15, -0.1) is 0 Å². The van der Waals surface area contributed by atoms with Crippen LogP contribution in [0.5, 0.6) is 0 Å². The van der Waals surface area contributed by atoms with E-state index in [-0.39, 0.29) is 5.78 Å². The summed E-state index contributed by atoms with van der Waals surface area (Å²) in [6.45, 7) is 5.90. The Morgan fingerprint density at radius 3 is 2.65 bits per heavy atom. The quantitative estimate of drug-likeness (QED) is 0.797. The maximum Gasteiger partial charge on any atom is 0.217 e. The number of nitrogens with zero attached hydrogens (tertiary/aromatic N) is 1. The van der Waals surface area contributed by atoms with Crippen molar-refractivity contribution in [2.24, 2.45) is 0 Å². The number of carbonyl (C=O) groups is 1. The minimum atomic E-state index is -0.520. The van der Waals surface area contributed by atoms with Crippen LogP contribution in [0.1, 0.15) is 37.2 Å². The summed E-state index contributed by atoms with van der Waals surface area (Å²) >= 11 is 5.97. The van der Waals surface area contributed by atoms with Gasteiger partial charge in [0.1, 0.15) is 5.58 Å². The summed E-state index contributed by atoms with van der Waals surface area (Å²) in [5.41, 5.74) is 0.184. The standard InChI is InChI=1S/C16H18ClNO2/c1-16(2,18-7-3-4-8-18)15(19)14-10-11-9-12(17)5-6-13(11)20-14/h5-6,9-10H,3-4,7-8H2,1-2H3. The number of hydrogen-bond donors (Lipinski definition) is 0. The summed E-state index contributed by atoms with van der Waals surface area (Å²) in [6.07, 6.45) is 2.32. The number of furan rings is 1. The van der Waals surface area contributed by atoms with Crippen molar-refractivity contribution in [3.8, 4) is 0 Å². The topological polar surface area (TPSA) is 33.5 Å². The highest BCUT2D eigenvalue weighted by atomic mass is 35.5. The zero-order valence-corrected chi connectivity index (χ0v) is 12.5. The molecule has 4 heteroatoms. The fraction of sp³-hybridized carbons (Fsp3) is 0.438. The molecule has 0 spiro atoms. The van der Waals surface area contributed by atoms with Crippen LogP contribution < -0.4 is 0 Å². The van der Waals surface area contributed by atoms with Crippen molar-refractivity contribution in [1.82, 2.24) is 4.90 Å². The SMILES string of the molecule is CC(C)(C(=O)c1cc2cc(Cl)ccc2o1)N1CCCC1. The van der Waals surface area contributed by atoms with Gasteiger partial charge in [0.05, 0.1) is 5.54 Å². The van der Waals surface area contributed by atoms with Gasteiger partial charge >= 0.3 is 0 Å². The first kappa shape index (κ1) is 13.7. The molecule has 0 saturated carbocycles. The van der Waals surface area contributed by atoms with Crippen molar-refractivity contribution in [2.45, 2.75) is 32.2 Å². The van der Waals surface area contributed by atoms with E-state index in [4.69, 9.17) is 16.0 Å². The zero-order valence-electron chi connectivity index (χ0n) is 11.8. The summed E-state index contributed by atoms with van der Waals surface area (Å²) in [7, 11) is 0. The van der Waals surface area contributed by atoms with Gasteiger partial charge in [-0.05, 0) is 64.0 Å².